The van der Waals surface area contributed by atoms with Gasteiger partial charge in [0.15, 0.2) is 5.82 Å². The molecule has 0 heterocycles. The van der Waals surface area contributed by atoms with Crippen molar-refractivity contribution in [2.24, 2.45) is 16.6 Å². The number of alkyl halides is 1. The van der Waals surface area contributed by atoms with Crippen LogP contribution in [0.25, 0.3) is 0 Å². The molecule has 0 radical (unpaired) electrons. The van der Waals surface area contributed by atoms with Crippen molar-refractivity contribution < 1.29 is 9.13 Å². The van der Waals surface area contributed by atoms with Gasteiger partial charge in [0.25, 0.3) is 0 Å². The van der Waals surface area contributed by atoms with Crippen molar-refractivity contribution in [3.05, 3.63) is 24.0 Å². The third kappa shape index (κ3) is 4.23. The van der Waals surface area contributed by atoms with E-state index in [0.717, 1.165) is 0 Å². The van der Waals surface area contributed by atoms with Gasteiger partial charge in [0, 0.05) is 0 Å². The molecule has 1 aromatic rings. The van der Waals surface area contributed by atoms with Crippen LogP contribution >= 0.6 is 11.6 Å². The molecule has 1 rings (SSSR count). The lowest BCUT2D eigenvalue weighted by atomic mass is 10.2. The number of halogens is 2. The molecule has 0 atom stereocenters. The molecule has 0 fully saturated rings. The van der Waals surface area contributed by atoms with Crippen LogP contribution in [0.5, 0.6) is 5.75 Å². The maximum Gasteiger partial charge on any atom is 0.152 e. The first kappa shape index (κ1) is 13.8. The van der Waals surface area contributed by atoms with Crippen molar-refractivity contribution in [1.82, 2.24) is 0 Å². The van der Waals surface area contributed by atoms with E-state index in [1.165, 1.54) is 6.07 Å². The van der Waals surface area contributed by atoms with Crippen LogP contribution in [0.3, 0.4) is 0 Å². The molecule has 0 unspecified atom stereocenters. The quantitative estimate of drug-likeness (QED) is 0.501. The Morgan fingerprint density at radius 2 is 2.24 bits per heavy atom. The molecule has 0 bridgehead atoms. The minimum absolute atomic E-state index is 0.0535. The molecule has 0 saturated heterocycles. The van der Waals surface area contributed by atoms with E-state index in [1.54, 1.807) is 12.1 Å². The molecule has 0 aliphatic heterocycles. The summed E-state index contributed by atoms with van der Waals surface area (Å²) < 4.78 is 19.1. The van der Waals surface area contributed by atoms with Crippen molar-refractivity contribution >= 4 is 23.1 Å². The molecule has 0 aliphatic rings. The standard InChI is InChI=1S/C12H16ClFN2O/c1-8(2)7-17-10-5-3-4-9(14)12(10)16-11(15)6-13/h3-5,8H,6-7H2,1-2H3,(H2,15,16). The smallest absolute Gasteiger partial charge is 0.152 e. The number of rotatable bonds is 5. The summed E-state index contributed by atoms with van der Waals surface area (Å²) in [5, 5.41) is 0. The Morgan fingerprint density at radius 1 is 1.53 bits per heavy atom. The van der Waals surface area contributed by atoms with E-state index in [-0.39, 0.29) is 17.4 Å². The molecule has 2 N–H and O–H groups in total. The normalized spacial score (nSPS) is 11.9. The molecule has 0 amide bonds. The third-order valence-electron chi connectivity index (χ3n) is 1.91. The first-order valence-corrected chi connectivity index (χ1v) is 5.88. The fourth-order valence-corrected chi connectivity index (χ4v) is 1.21. The largest absolute Gasteiger partial charge is 0.491 e. The van der Waals surface area contributed by atoms with Gasteiger partial charge in [0.2, 0.25) is 0 Å². The Bertz CT molecular complexity index is 407. The highest BCUT2D eigenvalue weighted by molar-refractivity contribution is 6.28. The molecule has 0 spiro atoms. The van der Waals surface area contributed by atoms with Gasteiger partial charge in [-0.05, 0) is 18.1 Å². The number of amidine groups is 1. The number of nitrogens with two attached hydrogens (primary N) is 1. The predicted molar refractivity (Wildman–Crippen MR) is 68.7 cm³/mol. The summed E-state index contributed by atoms with van der Waals surface area (Å²) in [4.78, 5) is 3.92. The van der Waals surface area contributed by atoms with Gasteiger partial charge >= 0.3 is 0 Å². The number of hydrogen-bond acceptors (Lipinski definition) is 2. The van der Waals surface area contributed by atoms with Crippen molar-refractivity contribution in [1.29, 1.82) is 0 Å². The Kier molecular flexibility index (Phi) is 5.22. The average molecular weight is 259 g/mol. The number of benzene rings is 1. The fourth-order valence-electron chi connectivity index (χ4n) is 1.15. The molecule has 0 aliphatic carbocycles. The predicted octanol–water partition coefficient (Wildman–Crippen LogP) is 3.09. The Hall–Kier alpha value is -1.29. The van der Waals surface area contributed by atoms with E-state index in [2.05, 4.69) is 4.99 Å². The zero-order valence-electron chi connectivity index (χ0n) is 9.91. The SMILES string of the molecule is CC(C)COc1cccc(F)c1N=C(N)CCl. The summed E-state index contributed by atoms with van der Waals surface area (Å²) in [5.41, 5.74) is 5.60. The highest BCUT2D eigenvalue weighted by atomic mass is 35.5. The molecule has 5 heteroatoms. The summed E-state index contributed by atoms with van der Waals surface area (Å²) >= 11 is 5.52. The number of para-hydroxylation sites is 1. The van der Waals surface area contributed by atoms with Crippen molar-refractivity contribution in [3.63, 3.8) is 0 Å². The van der Waals surface area contributed by atoms with Gasteiger partial charge in [0.05, 0.1) is 12.5 Å². The highest BCUT2D eigenvalue weighted by Gasteiger charge is 2.10. The second kappa shape index (κ2) is 6.45. The van der Waals surface area contributed by atoms with Crippen molar-refractivity contribution in [3.8, 4) is 5.75 Å². The molecule has 17 heavy (non-hydrogen) atoms. The van der Waals surface area contributed by atoms with E-state index in [0.29, 0.717) is 18.3 Å². The molecule has 94 valence electrons. The number of ether oxygens (including phenoxy) is 1. The highest BCUT2D eigenvalue weighted by Crippen LogP contribution is 2.30. The first-order valence-electron chi connectivity index (χ1n) is 5.35. The van der Waals surface area contributed by atoms with Gasteiger partial charge < -0.3 is 10.5 Å². The van der Waals surface area contributed by atoms with Crippen LogP contribution in [-0.4, -0.2) is 18.3 Å². The van der Waals surface area contributed by atoms with Crippen LogP contribution in [0.15, 0.2) is 23.2 Å². The number of hydrogen-bond donors (Lipinski definition) is 1. The van der Waals surface area contributed by atoms with Gasteiger partial charge in [-0.15, -0.1) is 11.6 Å². The van der Waals surface area contributed by atoms with Gasteiger partial charge in [-0.1, -0.05) is 19.9 Å². The molecular weight excluding hydrogens is 243 g/mol. The zero-order chi connectivity index (χ0) is 12.8. The van der Waals surface area contributed by atoms with Crippen LogP contribution in [0.2, 0.25) is 0 Å². The van der Waals surface area contributed by atoms with Crippen LogP contribution in [0.4, 0.5) is 10.1 Å². The lowest BCUT2D eigenvalue weighted by Crippen LogP contribution is -2.13. The average Bonchev–Trinajstić information content (AvgIpc) is 2.29. The number of nitrogens with zero attached hydrogens (tertiary/aromatic N) is 1. The van der Waals surface area contributed by atoms with Crippen LogP contribution < -0.4 is 10.5 Å². The third-order valence-corrected chi connectivity index (χ3v) is 2.19. The Labute approximate surface area is 105 Å². The van der Waals surface area contributed by atoms with Crippen LogP contribution in [-0.2, 0) is 0 Å². The van der Waals surface area contributed by atoms with E-state index in [1.807, 2.05) is 13.8 Å². The van der Waals surface area contributed by atoms with Crippen LogP contribution in [0.1, 0.15) is 13.8 Å². The zero-order valence-corrected chi connectivity index (χ0v) is 10.7. The van der Waals surface area contributed by atoms with E-state index >= 15 is 0 Å². The van der Waals surface area contributed by atoms with E-state index < -0.39 is 5.82 Å². The monoisotopic (exact) mass is 258 g/mol. The first-order chi connectivity index (χ1) is 8.04. The minimum atomic E-state index is -0.473. The molecular formula is C12H16ClFN2O. The second-order valence-electron chi connectivity index (χ2n) is 4.03. The second-order valence-corrected chi connectivity index (χ2v) is 4.30. The van der Waals surface area contributed by atoms with Gasteiger partial charge in [-0.25, -0.2) is 9.38 Å². The van der Waals surface area contributed by atoms with Crippen molar-refractivity contribution in [2.45, 2.75) is 13.8 Å². The molecule has 0 saturated carbocycles. The molecule has 1 aromatic carbocycles. The van der Waals surface area contributed by atoms with Gasteiger partial charge in [-0.2, -0.15) is 0 Å². The Morgan fingerprint density at radius 3 is 2.82 bits per heavy atom. The van der Waals surface area contributed by atoms with Crippen LogP contribution in [0, 0.1) is 11.7 Å². The summed E-state index contributed by atoms with van der Waals surface area (Å²) in [5.74, 6) is 0.468. The summed E-state index contributed by atoms with van der Waals surface area (Å²) in [6.07, 6.45) is 0. The summed E-state index contributed by atoms with van der Waals surface area (Å²) in [7, 11) is 0. The molecule has 0 aromatic heterocycles. The molecule has 3 nitrogen and oxygen atoms in total. The maximum atomic E-state index is 13.6. The Balaban J connectivity index is 3.00. The lowest BCUT2D eigenvalue weighted by molar-refractivity contribution is 0.271. The van der Waals surface area contributed by atoms with Gasteiger partial charge in [0.1, 0.15) is 17.3 Å². The summed E-state index contributed by atoms with van der Waals surface area (Å²) in [6.45, 7) is 4.51. The number of aliphatic imine (C=N–C) groups is 1. The maximum absolute atomic E-state index is 13.6. The van der Waals surface area contributed by atoms with Crippen molar-refractivity contribution in [2.75, 3.05) is 12.5 Å². The fraction of sp³-hybridized carbons (Fsp3) is 0.417. The minimum Gasteiger partial charge on any atom is -0.491 e. The summed E-state index contributed by atoms with van der Waals surface area (Å²) in [6, 6.07) is 4.54. The van der Waals surface area contributed by atoms with E-state index in [4.69, 9.17) is 22.1 Å². The topological polar surface area (TPSA) is 47.6 Å². The van der Waals surface area contributed by atoms with Gasteiger partial charge in [-0.3, -0.25) is 0 Å². The lowest BCUT2D eigenvalue weighted by Gasteiger charge is -2.11. The van der Waals surface area contributed by atoms with E-state index in [9.17, 15) is 4.39 Å².